The first-order valence-corrected chi connectivity index (χ1v) is 9.66. The van der Waals surface area contributed by atoms with Crippen LogP contribution in [0.3, 0.4) is 0 Å². The minimum atomic E-state index is -3.62. The van der Waals surface area contributed by atoms with Gasteiger partial charge in [0.1, 0.15) is 11.5 Å². The van der Waals surface area contributed by atoms with E-state index in [-0.39, 0.29) is 29.7 Å². The van der Waals surface area contributed by atoms with Crippen molar-refractivity contribution in [2.24, 2.45) is 0 Å². The number of esters is 1. The summed E-state index contributed by atoms with van der Waals surface area (Å²) in [5.74, 6) is -1.11. The van der Waals surface area contributed by atoms with Crippen LogP contribution in [0, 0.1) is 0 Å². The average Bonchev–Trinajstić information content (AvgIpc) is 3.13. The van der Waals surface area contributed by atoms with Gasteiger partial charge in [-0.2, -0.15) is 0 Å². The molecule has 1 N–H and O–H groups in total. The molecule has 2 aromatic rings. The summed E-state index contributed by atoms with van der Waals surface area (Å²) < 4.78 is 46.7. The Balaban J connectivity index is 2.19. The quantitative estimate of drug-likeness (QED) is 0.763. The van der Waals surface area contributed by atoms with Crippen LogP contribution in [0.1, 0.15) is 13.3 Å². The standard InChI is InChI=1S/C17H19NO8S/c1-10(19)25-16-14(20)15(12-6-5-11(23-2)9-13(12)24-3)26-17(16)18-7-4-8-27(18,21)22/h5-6,9,20H,4,7-8H2,1-3H3. The predicted octanol–water partition coefficient (Wildman–Crippen LogP) is 2.13. The molecule has 1 fully saturated rings. The molecular weight excluding hydrogens is 378 g/mol. The van der Waals surface area contributed by atoms with Crippen LogP contribution in [0.25, 0.3) is 11.3 Å². The summed E-state index contributed by atoms with van der Waals surface area (Å²) >= 11 is 0. The number of hydrogen-bond acceptors (Lipinski definition) is 8. The number of methoxy groups -OCH3 is 2. The molecule has 1 saturated heterocycles. The van der Waals surface area contributed by atoms with Crippen molar-refractivity contribution in [3.05, 3.63) is 18.2 Å². The number of furan rings is 1. The van der Waals surface area contributed by atoms with Gasteiger partial charge in [0, 0.05) is 19.5 Å². The Morgan fingerprint density at radius 1 is 1.26 bits per heavy atom. The molecule has 0 saturated carbocycles. The van der Waals surface area contributed by atoms with Crippen molar-refractivity contribution < 1.29 is 36.9 Å². The molecule has 9 nitrogen and oxygen atoms in total. The molecule has 2 heterocycles. The molecule has 146 valence electrons. The first kappa shape index (κ1) is 18.9. The molecule has 0 atom stereocenters. The molecule has 0 amide bonds. The molecule has 27 heavy (non-hydrogen) atoms. The molecule has 10 heteroatoms. The van der Waals surface area contributed by atoms with Crippen LogP contribution in [0.2, 0.25) is 0 Å². The molecule has 0 unspecified atom stereocenters. The minimum Gasteiger partial charge on any atom is -0.502 e. The van der Waals surface area contributed by atoms with Crippen molar-refractivity contribution >= 4 is 21.9 Å². The summed E-state index contributed by atoms with van der Waals surface area (Å²) in [6.07, 6.45) is 0.393. The zero-order valence-corrected chi connectivity index (χ0v) is 15.8. The summed E-state index contributed by atoms with van der Waals surface area (Å²) in [4.78, 5) is 11.5. The van der Waals surface area contributed by atoms with E-state index in [1.165, 1.54) is 14.2 Å². The Morgan fingerprint density at radius 3 is 2.56 bits per heavy atom. The smallest absolute Gasteiger partial charge is 0.308 e. The van der Waals surface area contributed by atoms with Gasteiger partial charge in [0.05, 0.1) is 25.5 Å². The highest BCUT2D eigenvalue weighted by Gasteiger charge is 2.37. The SMILES string of the molecule is COc1ccc(-c2oc(N3CCCS3(=O)=O)c(OC(C)=O)c2O)c(OC)c1. The Labute approximate surface area is 156 Å². The van der Waals surface area contributed by atoms with E-state index < -0.39 is 21.7 Å². The third kappa shape index (κ3) is 3.39. The van der Waals surface area contributed by atoms with E-state index in [9.17, 15) is 18.3 Å². The molecule has 1 aliphatic heterocycles. The number of rotatable bonds is 5. The first-order valence-electron chi connectivity index (χ1n) is 8.05. The summed E-state index contributed by atoms with van der Waals surface area (Å²) in [7, 11) is -0.703. The summed E-state index contributed by atoms with van der Waals surface area (Å²) in [5.41, 5.74) is 0.340. The molecule has 1 aliphatic rings. The van der Waals surface area contributed by atoms with Gasteiger partial charge in [0.15, 0.2) is 5.76 Å². The summed E-state index contributed by atoms with van der Waals surface area (Å²) in [6.45, 7) is 1.30. The van der Waals surface area contributed by atoms with E-state index in [0.29, 0.717) is 23.5 Å². The second kappa shape index (κ2) is 7.03. The fourth-order valence-corrected chi connectivity index (χ4v) is 4.33. The Hall–Kier alpha value is -2.88. The summed E-state index contributed by atoms with van der Waals surface area (Å²) in [6, 6.07) is 4.78. The first-order chi connectivity index (χ1) is 12.8. The van der Waals surface area contributed by atoms with E-state index in [1.54, 1.807) is 18.2 Å². The topological polar surface area (TPSA) is 116 Å². The number of carbonyl (C=O) groups excluding carboxylic acids is 1. The van der Waals surface area contributed by atoms with Crippen molar-refractivity contribution in [3.8, 4) is 34.3 Å². The minimum absolute atomic E-state index is 0.0604. The van der Waals surface area contributed by atoms with Gasteiger partial charge in [-0.25, -0.2) is 12.7 Å². The maximum Gasteiger partial charge on any atom is 0.308 e. The average molecular weight is 397 g/mol. The number of sulfonamides is 1. The van der Waals surface area contributed by atoms with Crippen molar-refractivity contribution in [2.45, 2.75) is 13.3 Å². The highest BCUT2D eigenvalue weighted by Crippen LogP contribution is 2.51. The van der Waals surface area contributed by atoms with E-state index >= 15 is 0 Å². The van der Waals surface area contributed by atoms with Crippen molar-refractivity contribution in [1.29, 1.82) is 0 Å². The van der Waals surface area contributed by atoms with E-state index in [0.717, 1.165) is 11.2 Å². The maximum absolute atomic E-state index is 12.3. The monoisotopic (exact) mass is 397 g/mol. The lowest BCUT2D eigenvalue weighted by Crippen LogP contribution is -2.25. The van der Waals surface area contributed by atoms with Gasteiger partial charge < -0.3 is 23.7 Å². The lowest BCUT2D eigenvalue weighted by Gasteiger charge is -2.14. The van der Waals surface area contributed by atoms with Gasteiger partial charge in [0.25, 0.3) is 5.88 Å². The van der Waals surface area contributed by atoms with Crippen LogP contribution in [0.4, 0.5) is 5.88 Å². The van der Waals surface area contributed by atoms with Crippen LogP contribution in [0.5, 0.6) is 23.0 Å². The Kier molecular flexibility index (Phi) is 4.92. The zero-order valence-electron chi connectivity index (χ0n) is 15.0. The third-order valence-corrected chi connectivity index (χ3v) is 5.87. The van der Waals surface area contributed by atoms with Crippen molar-refractivity contribution in [3.63, 3.8) is 0 Å². The van der Waals surface area contributed by atoms with Crippen LogP contribution in [0.15, 0.2) is 22.6 Å². The lowest BCUT2D eigenvalue weighted by molar-refractivity contribution is -0.132. The largest absolute Gasteiger partial charge is 0.502 e. The molecule has 1 aromatic carbocycles. The maximum atomic E-state index is 12.3. The van der Waals surface area contributed by atoms with E-state index in [4.69, 9.17) is 18.6 Å². The number of nitrogens with zero attached hydrogens (tertiary/aromatic N) is 1. The number of benzene rings is 1. The molecule has 1 aromatic heterocycles. The van der Waals surface area contributed by atoms with Gasteiger partial charge in [0.2, 0.25) is 21.5 Å². The van der Waals surface area contributed by atoms with E-state index in [2.05, 4.69) is 0 Å². The van der Waals surface area contributed by atoms with Crippen LogP contribution in [-0.2, 0) is 14.8 Å². The van der Waals surface area contributed by atoms with Gasteiger partial charge in [-0.05, 0) is 18.6 Å². The number of carbonyl (C=O) groups is 1. The molecule has 3 rings (SSSR count). The lowest BCUT2D eigenvalue weighted by atomic mass is 10.1. The fraction of sp³-hybridized carbons (Fsp3) is 0.353. The molecule has 0 bridgehead atoms. The molecule has 0 spiro atoms. The highest BCUT2D eigenvalue weighted by molar-refractivity contribution is 7.93. The number of anilines is 1. The molecule has 0 radical (unpaired) electrons. The molecule has 0 aliphatic carbocycles. The Bertz CT molecular complexity index is 979. The molecular formula is C17H19NO8S. The second-order valence-corrected chi connectivity index (χ2v) is 7.83. The van der Waals surface area contributed by atoms with Gasteiger partial charge in [-0.3, -0.25) is 4.79 Å². The normalized spacial score (nSPS) is 15.6. The highest BCUT2D eigenvalue weighted by atomic mass is 32.2. The van der Waals surface area contributed by atoms with Crippen molar-refractivity contribution in [1.82, 2.24) is 0 Å². The fourth-order valence-electron chi connectivity index (χ4n) is 2.83. The van der Waals surface area contributed by atoms with Gasteiger partial charge in [-0.15, -0.1) is 0 Å². The second-order valence-electron chi connectivity index (χ2n) is 5.82. The number of aromatic hydroxyl groups is 1. The number of hydrogen-bond donors (Lipinski definition) is 1. The Morgan fingerprint density at radius 2 is 2.00 bits per heavy atom. The van der Waals surface area contributed by atoms with Crippen molar-refractivity contribution in [2.75, 3.05) is 30.8 Å². The van der Waals surface area contributed by atoms with Crippen LogP contribution < -0.4 is 18.5 Å². The van der Waals surface area contributed by atoms with E-state index in [1.807, 2.05) is 0 Å². The number of ether oxygens (including phenoxy) is 3. The van der Waals surface area contributed by atoms with Crippen LogP contribution >= 0.6 is 0 Å². The zero-order chi connectivity index (χ0) is 19.8. The van der Waals surface area contributed by atoms with Gasteiger partial charge >= 0.3 is 5.97 Å². The predicted molar refractivity (Wildman–Crippen MR) is 96.0 cm³/mol. The summed E-state index contributed by atoms with van der Waals surface area (Å²) in [5, 5.41) is 10.6. The van der Waals surface area contributed by atoms with Crippen LogP contribution in [-0.4, -0.2) is 46.0 Å². The third-order valence-electron chi connectivity index (χ3n) is 4.05. The van der Waals surface area contributed by atoms with Gasteiger partial charge in [-0.1, -0.05) is 0 Å².